The molecular weight excluding hydrogens is 250 g/mol. The Balaban J connectivity index is 2.88. The molecule has 0 radical (unpaired) electrons. The van der Waals surface area contributed by atoms with Crippen LogP contribution in [0, 0.1) is 6.92 Å². The molecule has 3 nitrogen and oxygen atoms in total. The third-order valence-corrected chi connectivity index (χ3v) is 2.41. The van der Waals surface area contributed by atoms with Crippen LogP contribution in [0.25, 0.3) is 0 Å². The molecule has 0 saturated carbocycles. The van der Waals surface area contributed by atoms with Gasteiger partial charge in [-0.3, -0.25) is 9.78 Å². The Bertz CT molecular complexity index is 387. The van der Waals surface area contributed by atoms with E-state index in [1.54, 1.807) is 25.3 Å². The van der Waals surface area contributed by atoms with Crippen molar-refractivity contribution in [2.24, 2.45) is 0 Å². The zero-order valence-electron chi connectivity index (χ0n) is 9.37. The molecule has 6 heteroatoms. The fourth-order valence-corrected chi connectivity index (χ4v) is 1.63. The molecule has 1 aromatic rings. The van der Waals surface area contributed by atoms with Crippen molar-refractivity contribution in [2.45, 2.75) is 13.3 Å². The number of pyridine rings is 1. The van der Waals surface area contributed by atoms with E-state index in [9.17, 15) is 13.6 Å². The molecule has 0 bridgehead atoms. The Labute approximate surface area is 103 Å². The van der Waals surface area contributed by atoms with E-state index in [2.05, 4.69) is 4.98 Å². The molecule has 0 aliphatic carbocycles. The summed E-state index contributed by atoms with van der Waals surface area (Å²) >= 11 is 5.50. The highest BCUT2D eigenvalue weighted by Gasteiger charge is 2.20. The van der Waals surface area contributed by atoms with Crippen LogP contribution in [0.4, 0.5) is 8.78 Å². The van der Waals surface area contributed by atoms with Crippen molar-refractivity contribution < 1.29 is 13.6 Å². The van der Waals surface area contributed by atoms with Crippen LogP contribution in [0.3, 0.4) is 0 Å². The van der Waals surface area contributed by atoms with Crippen molar-refractivity contribution in [1.29, 1.82) is 0 Å². The number of amides is 1. The van der Waals surface area contributed by atoms with E-state index >= 15 is 0 Å². The fourth-order valence-electron chi connectivity index (χ4n) is 1.42. The van der Waals surface area contributed by atoms with Gasteiger partial charge in [0.15, 0.2) is 0 Å². The quantitative estimate of drug-likeness (QED) is 0.763. The highest BCUT2D eigenvalue weighted by atomic mass is 35.5. The van der Waals surface area contributed by atoms with Crippen molar-refractivity contribution in [2.75, 3.05) is 19.0 Å². The first-order chi connectivity index (χ1) is 8.06. The lowest BCUT2D eigenvalue weighted by Gasteiger charge is -2.21. The lowest BCUT2D eigenvalue weighted by Crippen LogP contribution is -2.37. The van der Waals surface area contributed by atoms with Gasteiger partial charge in [0, 0.05) is 24.3 Å². The maximum Gasteiger partial charge on any atom is 0.255 e. The van der Waals surface area contributed by atoms with E-state index in [1.165, 1.54) is 0 Å². The topological polar surface area (TPSA) is 33.2 Å². The molecule has 0 N–H and O–H groups in total. The second-order valence-corrected chi connectivity index (χ2v) is 3.85. The molecule has 0 unspecified atom stereocenters. The van der Waals surface area contributed by atoms with Gasteiger partial charge in [-0.2, -0.15) is 0 Å². The summed E-state index contributed by atoms with van der Waals surface area (Å²) in [5, 5.41) is 0. The average molecular weight is 263 g/mol. The normalized spacial score (nSPS) is 10.6. The number of hydrogen-bond donors (Lipinski definition) is 0. The molecule has 1 rings (SSSR count). The summed E-state index contributed by atoms with van der Waals surface area (Å²) in [7, 11) is 0. The highest BCUT2D eigenvalue weighted by molar-refractivity contribution is 6.18. The summed E-state index contributed by atoms with van der Waals surface area (Å²) in [6.45, 7) is 1.15. The Kier molecular flexibility index (Phi) is 5.28. The zero-order valence-corrected chi connectivity index (χ0v) is 10.1. The SMILES string of the molecule is Cc1ncccc1C(=O)N(CCCl)CC(F)F. The number of nitrogens with zero attached hydrogens (tertiary/aromatic N) is 2. The van der Waals surface area contributed by atoms with Crippen molar-refractivity contribution in [3.8, 4) is 0 Å². The van der Waals surface area contributed by atoms with E-state index in [4.69, 9.17) is 11.6 Å². The number of halogens is 3. The maximum absolute atomic E-state index is 12.3. The van der Waals surface area contributed by atoms with Crippen molar-refractivity contribution in [1.82, 2.24) is 9.88 Å². The van der Waals surface area contributed by atoms with Gasteiger partial charge in [-0.1, -0.05) is 0 Å². The van der Waals surface area contributed by atoms with Crippen LogP contribution < -0.4 is 0 Å². The molecule has 0 atom stereocenters. The second kappa shape index (κ2) is 6.49. The standard InChI is InChI=1S/C11H13ClF2N2O/c1-8-9(3-2-5-15-8)11(17)16(6-4-12)7-10(13)14/h2-3,5,10H,4,6-7H2,1H3. The molecule has 17 heavy (non-hydrogen) atoms. The molecule has 0 spiro atoms. The Morgan fingerprint density at radius 1 is 1.59 bits per heavy atom. The van der Waals surface area contributed by atoms with E-state index in [0.717, 1.165) is 4.90 Å². The first-order valence-corrected chi connectivity index (χ1v) is 5.64. The monoisotopic (exact) mass is 262 g/mol. The number of alkyl halides is 3. The van der Waals surface area contributed by atoms with Gasteiger partial charge in [-0.25, -0.2) is 8.78 Å². The van der Waals surface area contributed by atoms with Crippen molar-refractivity contribution in [3.05, 3.63) is 29.6 Å². The summed E-state index contributed by atoms with van der Waals surface area (Å²) < 4.78 is 24.7. The maximum atomic E-state index is 12.3. The van der Waals surface area contributed by atoms with Crippen LogP contribution in [0.5, 0.6) is 0 Å². The summed E-state index contributed by atoms with van der Waals surface area (Å²) in [6, 6.07) is 3.17. The number of rotatable bonds is 5. The minimum atomic E-state index is -2.57. The van der Waals surface area contributed by atoms with Gasteiger partial charge in [0.2, 0.25) is 0 Å². The van der Waals surface area contributed by atoms with Crippen LogP contribution in [0.1, 0.15) is 16.1 Å². The van der Waals surface area contributed by atoms with Crippen LogP contribution in [0.2, 0.25) is 0 Å². The Morgan fingerprint density at radius 2 is 2.29 bits per heavy atom. The third-order valence-electron chi connectivity index (χ3n) is 2.24. The summed E-state index contributed by atoms with van der Waals surface area (Å²) in [6.07, 6.45) is -1.02. The van der Waals surface area contributed by atoms with Crippen LogP contribution in [0.15, 0.2) is 18.3 Å². The van der Waals surface area contributed by atoms with Crippen LogP contribution in [-0.4, -0.2) is 41.2 Å². The molecule has 0 saturated heterocycles. The largest absolute Gasteiger partial charge is 0.332 e. The van der Waals surface area contributed by atoms with Gasteiger partial charge in [0.25, 0.3) is 12.3 Å². The lowest BCUT2D eigenvalue weighted by molar-refractivity contribution is 0.0570. The summed E-state index contributed by atoms with van der Waals surface area (Å²) in [5.41, 5.74) is 0.851. The zero-order chi connectivity index (χ0) is 12.8. The Morgan fingerprint density at radius 3 is 2.82 bits per heavy atom. The lowest BCUT2D eigenvalue weighted by atomic mass is 10.2. The molecule has 0 aliphatic rings. The van der Waals surface area contributed by atoms with Gasteiger partial charge in [-0.15, -0.1) is 11.6 Å². The molecule has 1 aromatic heterocycles. The molecule has 0 fully saturated rings. The van der Waals surface area contributed by atoms with Gasteiger partial charge < -0.3 is 4.90 Å². The molecule has 1 heterocycles. The van der Waals surface area contributed by atoms with Gasteiger partial charge in [0.1, 0.15) is 0 Å². The first kappa shape index (κ1) is 13.8. The van der Waals surface area contributed by atoms with E-state index < -0.39 is 18.9 Å². The third kappa shape index (κ3) is 3.93. The van der Waals surface area contributed by atoms with E-state index in [0.29, 0.717) is 11.3 Å². The minimum Gasteiger partial charge on any atom is -0.332 e. The number of aromatic nitrogens is 1. The predicted octanol–water partition coefficient (Wildman–Crippen LogP) is 2.34. The van der Waals surface area contributed by atoms with E-state index in [-0.39, 0.29) is 12.4 Å². The second-order valence-electron chi connectivity index (χ2n) is 3.47. The van der Waals surface area contributed by atoms with Gasteiger partial charge in [-0.05, 0) is 19.1 Å². The molecule has 0 aliphatic heterocycles. The highest BCUT2D eigenvalue weighted by Crippen LogP contribution is 2.10. The molecular formula is C11H13ClF2N2O. The van der Waals surface area contributed by atoms with Crippen molar-refractivity contribution >= 4 is 17.5 Å². The smallest absolute Gasteiger partial charge is 0.255 e. The number of hydrogen-bond acceptors (Lipinski definition) is 2. The van der Waals surface area contributed by atoms with Crippen LogP contribution in [-0.2, 0) is 0 Å². The molecule has 0 aromatic carbocycles. The fraction of sp³-hybridized carbons (Fsp3) is 0.455. The summed E-state index contributed by atoms with van der Waals surface area (Å²) in [5.74, 6) is -0.339. The van der Waals surface area contributed by atoms with Gasteiger partial charge >= 0.3 is 0 Å². The summed E-state index contributed by atoms with van der Waals surface area (Å²) in [4.78, 5) is 17.0. The Hall–Kier alpha value is -1.23. The first-order valence-electron chi connectivity index (χ1n) is 5.11. The number of carbonyl (C=O) groups is 1. The van der Waals surface area contributed by atoms with Crippen molar-refractivity contribution in [3.63, 3.8) is 0 Å². The van der Waals surface area contributed by atoms with Crippen LogP contribution >= 0.6 is 11.6 Å². The molecule has 1 amide bonds. The molecule has 94 valence electrons. The predicted molar refractivity (Wildman–Crippen MR) is 61.6 cm³/mol. The minimum absolute atomic E-state index is 0.0963. The average Bonchev–Trinajstić information content (AvgIpc) is 2.28. The van der Waals surface area contributed by atoms with Gasteiger partial charge in [0.05, 0.1) is 12.1 Å². The number of aryl methyl sites for hydroxylation is 1. The number of carbonyl (C=O) groups excluding carboxylic acids is 1. The van der Waals surface area contributed by atoms with E-state index in [1.807, 2.05) is 0 Å².